The molecule has 6 nitrogen and oxygen atoms in total. The molecule has 2 N–H and O–H groups in total. The zero-order valence-electron chi connectivity index (χ0n) is 10.8. The lowest BCUT2D eigenvalue weighted by Gasteiger charge is -2.05. The van der Waals surface area contributed by atoms with Gasteiger partial charge in [0.1, 0.15) is 5.57 Å². The molecule has 0 aromatic rings. The minimum absolute atomic E-state index is 0.276. The molecule has 0 radical (unpaired) electrons. The number of allylic oxidation sites excluding steroid dienone is 1. The van der Waals surface area contributed by atoms with E-state index in [9.17, 15) is 14.4 Å². The van der Waals surface area contributed by atoms with E-state index >= 15 is 0 Å². The van der Waals surface area contributed by atoms with Crippen LogP contribution in [0.25, 0.3) is 0 Å². The minimum atomic E-state index is -1.43. The van der Waals surface area contributed by atoms with Crippen molar-refractivity contribution in [2.75, 3.05) is 6.61 Å². The Morgan fingerprint density at radius 2 is 1.68 bits per heavy atom. The number of rotatable bonds is 9. The lowest BCUT2D eigenvalue weighted by atomic mass is 10.0. The van der Waals surface area contributed by atoms with Crippen LogP contribution in [0.15, 0.2) is 23.8 Å². The van der Waals surface area contributed by atoms with Gasteiger partial charge >= 0.3 is 17.9 Å². The Balaban J connectivity index is 4.03. The smallest absolute Gasteiger partial charge is 0.343 e. The number of aliphatic carboxylic acids is 2. The second-order valence-corrected chi connectivity index (χ2v) is 3.95. The second-order valence-electron chi connectivity index (χ2n) is 3.95. The Kier molecular flexibility index (Phi) is 7.92. The van der Waals surface area contributed by atoms with E-state index in [2.05, 4.69) is 6.58 Å². The average Bonchev–Trinajstić information content (AvgIpc) is 2.32. The molecule has 0 bridgehead atoms. The molecule has 0 aromatic heterocycles. The number of unbranched alkanes of at least 4 members (excludes halogenated alkanes) is 2. The van der Waals surface area contributed by atoms with Crippen molar-refractivity contribution >= 4 is 17.9 Å². The topological polar surface area (TPSA) is 101 Å². The molecule has 0 amide bonds. The highest BCUT2D eigenvalue weighted by molar-refractivity contribution is 6.13. The molecule has 0 saturated heterocycles. The van der Waals surface area contributed by atoms with Gasteiger partial charge in [-0.1, -0.05) is 12.2 Å². The standard InChI is InChI=1S/C13H18O6/c1-3-10(14)19-8-6-4-5-7-9(2)11(12(15)16)13(17)18/h3H,1,4-8H2,2H3,(H,15,16)(H,17,18). The van der Waals surface area contributed by atoms with Gasteiger partial charge in [0.2, 0.25) is 0 Å². The third kappa shape index (κ3) is 7.03. The zero-order chi connectivity index (χ0) is 14.8. The molecule has 0 aliphatic heterocycles. The van der Waals surface area contributed by atoms with E-state index in [1.165, 1.54) is 6.92 Å². The van der Waals surface area contributed by atoms with Crippen LogP contribution in [0.4, 0.5) is 0 Å². The van der Waals surface area contributed by atoms with E-state index < -0.39 is 23.5 Å². The largest absolute Gasteiger partial charge is 0.477 e. The van der Waals surface area contributed by atoms with Crippen molar-refractivity contribution < 1.29 is 29.3 Å². The molecule has 0 atom stereocenters. The summed E-state index contributed by atoms with van der Waals surface area (Å²) in [6.07, 6.45) is 3.47. The zero-order valence-corrected chi connectivity index (χ0v) is 10.8. The van der Waals surface area contributed by atoms with Crippen molar-refractivity contribution in [2.24, 2.45) is 0 Å². The Labute approximate surface area is 111 Å². The normalized spacial score (nSPS) is 9.53. The van der Waals surface area contributed by atoms with Gasteiger partial charge in [-0.05, 0) is 32.6 Å². The van der Waals surface area contributed by atoms with Crippen LogP contribution in [-0.4, -0.2) is 34.7 Å². The quantitative estimate of drug-likeness (QED) is 0.218. The molecule has 0 saturated carbocycles. The van der Waals surface area contributed by atoms with Crippen molar-refractivity contribution in [1.29, 1.82) is 0 Å². The Hall–Kier alpha value is -2.11. The van der Waals surface area contributed by atoms with Gasteiger partial charge < -0.3 is 14.9 Å². The fraction of sp³-hybridized carbons (Fsp3) is 0.462. The van der Waals surface area contributed by atoms with E-state index in [0.29, 0.717) is 31.3 Å². The average molecular weight is 270 g/mol. The van der Waals surface area contributed by atoms with Gasteiger partial charge in [-0.15, -0.1) is 0 Å². The van der Waals surface area contributed by atoms with Gasteiger partial charge in [0.15, 0.2) is 0 Å². The number of carboxylic acid groups (broad SMARTS) is 2. The highest BCUT2D eigenvalue weighted by atomic mass is 16.5. The first kappa shape index (κ1) is 16.9. The number of carboxylic acids is 2. The maximum absolute atomic E-state index is 10.7. The summed E-state index contributed by atoms with van der Waals surface area (Å²) < 4.78 is 4.76. The fourth-order valence-electron chi connectivity index (χ4n) is 1.48. The van der Waals surface area contributed by atoms with E-state index in [1.54, 1.807) is 0 Å². The Morgan fingerprint density at radius 3 is 2.16 bits per heavy atom. The van der Waals surface area contributed by atoms with Crippen molar-refractivity contribution in [1.82, 2.24) is 0 Å². The highest BCUT2D eigenvalue weighted by Gasteiger charge is 2.18. The van der Waals surface area contributed by atoms with Crippen LogP contribution < -0.4 is 0 Å². The van der Waals surface area contributed by atoms with Crippen molar-refractivity contribution in [3.05, 3.63) is 23.8 Å². The van der Waals surface area contributed by atoms with Crippen LogP contribution in [-0.2, 0) is 19.1 Å². The summed E-state index contributed by atoms with van der Waals surface area (Å²) in [4.78, 5) is 32.2. The molecular weight excluding hydrogens is 252 g/mol. The van der Waals surface area contributed by atoms with Gasteiger partial charge in [0.25, 0.3) is 0 Å². The predicted octanol–water partition coefficient (Wildman–Crippen LogP) is 1.76. The molecule has 0 unspecified atom stereocenters. The van der Waals surface area contributed by atoms with Gasteiger partial charge in [-0.2, -0.15) is 0 Å². The molecule has 6 heteroatoms. The molecule has 106 valence electrons. The molecule has 0 heterocycles. The molecule has 0 aromatic carbocycles. The lowest BCUT2D eigenvalue weighted by molar-refractivity contribution is -0.140. The van der Waals surface area contributed by atoms with Crippen LogP contribution in [0.3, 0.4) is 0 Å². The molecular formula is C13H18O6. The molecule has 0 rings (SSSR count). The first-order valence-corrected chi connectivity index (χ1v) is 5.85. The van der Waals surface area contributed by atoms with Gasteiger partial charge in [-0.3, -0.25) is 0 Å². The second kappa shape index (κ2) is 8.91. The maximum Gasteiger partial charge on any atom is 0.343 e. The third-order valence-corrected chi connectivity index (χ3v) is 2.46. The highest BCUT2D eigenvalue weighted by Crippen LogP contribution is 2.14. The van der Waals surface area contributed by atoms with E-state index in [0.717, 1.165) is 6.08 Å². The number of carbonyl (C=O) groups is 3. The summed E-state index contributed by atoms with van der Waals surface area (Å²) in [5.74, 6) is -3.33. The van der Waals surface area contributed by atoms with Crippen LogP contribution in [0.2, 0.25) is 0 Å². The van der Waals surface area contributed by atoms with Gasteiger partial charge in [-0.25, -0.2) is 14.4 Å². The molecule has 0 spiro atoms. The molecule has 19 heavy (non-hydrogen) atoms. The third-order valence-electron chi connectivity index (χ3n) is 2.46. The van der Waals surface area contributed by atoms with Gasteiger partial charge in [0.05, 0.1) is 6.61 Å². The van der Waals surface area contributed by atoms with Crippen LogP contribution >= 0.6 is 0 Å². The number of carbonyl (C=O) groups excluding carboxylic acids is 1. The van der Waals surface area contributed by atoms with Crippen molar-refractivity contribution in [3.8, 4) is 0 Å². The molecule has 0 aliphatic carbocycles. The van der Waals surface area contributed by atoms with Crippen LogP contribution in [0.5, 0.6) is 0 Å². The molecule has 0 fully saturated rings. The SMILES string of the molecule is C=CC(=O)OCCCCCC(C)=C(C(=O)O)C(=O)O. The number of esters is 1. The monoisotopic (exact) mass is 270 g/mol. The Bertz CT molecular complexity index is 378. The Morgan fingerprint density at radius 1 is 1.11 bits per heavy atom. The van der Waals surface area contributed by atoms with Crippen molar-refractivity contribution in [3.63, 3.8) is 0 Å². The van der Waals surface area contributed by atoms with Gasteiger partial charge in [0, 0.05) is 6.08 Å². The first-order valence-electron chi connectivity index (χ1n) is 5.85. The number of hydrogen-bond donors (Lipinski definition) is 2. The summed E-state index contributed by atoms with van der Waals surface area (Å²) in [6.45, 7) is 5.03. The van der Waals surface area contributed by atoms with Crippen LogP contribution in [0.1, 0.15) is 32.6 Å². The summed E-state index contributed by atoms with van der Waals surface area (Å²) in [6, 6.07) is 0. The van der Waals surface area contributed by atoms with E-state index in [4.69, 9.17) is 14.9 Å². The minimum Gasteiger partial charge on any atom is -0.477 e. The van der Waals surface area contributed by atoms with Crippen molar-refractivity contribution in [2.45, 2.75) is 32.6 Å². The number of ether oxygens (including phenoxy) is 1. The predicted molar refractivity (Wildman–Crippen MR) is 67.6 cm³/mol. The first-order chi connectivity index (χ1) is 8.90. The van der Waals surface area contributed by atoms with Crippen LogP contribution in [0, 0.1) is 0 Å². The fourth-order valence-corrected chi connectivity index (χ4v) is 1.48. The maximum atomic E-state index is 10.7. The molecule has 0 aliphatic rings. The number of hydrogen-bond acceptors (Lipinski definition) is 4. The summed E-state index contributed by atoms with van der Waals surface area (Å²) in [5, 5.41) is 17.5. The lowest BCUT2D eigenvalue weighted by Crippen LogP contribution is -2.13. The summed E-state index contributed by atoms with van der Waals surface area (Å²) in [7, 11) is 0. The summed E-state index contributed by atoms with van der Waals surface area (Å²) >= 11 is 0. The van der Waals surface area contributed by atoms with E-state index in [1.807, 2.05) is 0 Å². The van der Waals surface area contributed by atoms with E-state index in [-0.39, 0.29) is 6.61 Å². The summed E-state index contributed by atoms with van der Waals surface area (Å²) in [5.41, 5.74) is -0.235.